The first kappa shape index (κ1) is 12.9. The Morgan fingerprint density at radius 2 is 2.33 bits per heavy atom. The Bertz CT molecular complexity index is 465. The molecule has 2 heterocycles. The third-order valence-electron chi connectivity index (χ3n) is 3.04. The Labute approximate surface area is 103 Å². The number of hydrogen-bond donors (Lipinski definition) is 1. The molecule has 0 amide bonds. The summed E-state index contributed by atoms with van der Waals surface area (Å²) in [5.74, 6) is -3.78. The van der Waals surface area contributed by atoms with Gasteiger partial charge in [0.15, 0.2) is 0 Å². The second kappa shape index (κ2) is 4.61. The van der Waals surface area contributed by atoms with Crippen molar-refractivity contribution in [2.45, 2.75) is 31.9 Å². The van der Waals surface area contributed by atoms with E-state index in [1.165, 1.54) is 6.07 Å². The summed E-state index contributed by atoms with van der Waals surface area (Å²) in [4.78, 5) is 16.3. The Balaban J connectivity index is 2.10. The molecular formula is C12H14F2N2O2. The number of aromatic nitrogens is 1. The summed E-state index contributed by atoms with van der Waals surface area (Å²) in [5, 5.41) is 8.81. The maximum Gasteiger partial charge on any atom is 0.354 e. The van der Waals surface area contributed by atoms with Gasteiger partial charge in [-0.05, 0) is 19.1 Å². The van der Waals surface area contributed by atoms with Gasteiger partial charge in [0.1, 0.15) is 5.69 Å². The van der Waals surface area contributed by atoms with Crippen LogP contribution in [0.25, 0.3) is 0 Å². The van der Waals surface area contributed by atoms with Crippen LogP contribution >= 0.6 is 0 Å². The number of nitrogens with zero attached hydrogens (tertiary/aromatic N) is 2. The lowest BCUT2D eigenvalue weighted by Crippen LogP contribution is -2.28. The van der Waals surface area contributed by atoms with Crippen molar-refractivity contribution in [3.05, 3.63) is 29.6 Å². The predicted molar refractivity (Wildman–Crippen MR) is 60.6 cm³/mol. The average Bonchev–Trinajstić information content (AvgIpc) is 2.52. The van der Waals surface area contributed by atoms with Gasteiger partial charge in [-0.3, -0.25) is 4.90 Å². The number of likely N-dealkylation sites (tertiary alicyclic amines) is 1. The molecular weight excluding hydrogens is 242 g/mol. The van der Waals surface area contributed by atoms with Crippen LogP contribution in [-0.2, 0) is 6.54 Å². The second-order valence-corrected chi connectivity index (χ2v) is 4.63. The van der Waals surface area contributed by atoms with Crippen molar-refractivity contribution < 1.29 is 18.7 Å². The number of pyridine rings is 1. The highest BCUT2D eigenvalue weighted by molar-refractivity contribution is 5.85. The SMILES string of the molecule is CC1CC(F)(F)CN1Cc1cccc(C(=O)O)n1. The van der Waals surface area contributed by atoms with Crippen molar-refractivity contribution >= 4 is 5.97 Å². The first-order valence-corrected chi connectivity index (χ1v) is 5.68. The van der Waals surface area contributed by atoms with E-state index in [0.717, 1.165) is 0 Å². The molecule has 1 aliphatic rings. The number of aromatic carboxylic acids is 1. The van der Waals surface area contributed by atoms with E-state index in [9.17, 15) is 13.6 Å². The van der Waals surface area contributed by atoms with E-state index in [1.54, 1.807) is 24.0 Å². The molecule has 6 heteroatoms. The van der Waals surface area contributed by atoms with Crippen molar-refractivity contribution in [1.29, 1.82) is 0 Å². The monoisotopic (exact) mass is 256 g/mol. The molecule has 2 rings (SSSR count). The van der Waals surface area contributed by atoms with Gasteiger partial charge >= 0.3 is 5.97 Å². The standard InChI is InChI=1S/C12H14F2N2O2/c1-8-5-12(13,14)7-16(8)6-9-3-2-4-10(15-9)11(17)18/h2-4,8H,5-7H2,1H3,(H,17,18). The van der Waals surface area contributed by atoms with Gasteiger partial charge in [-0.2, -0.15) is 0 Å². The Morgan fingerprint density at radius 1 is 1.61 bits per heavy atom. The summed E-state index contributed by atoms with van der Waals surface area (Å²) in [5.41, 5.74) is 0.436. The highest BCUT2D eigenvalue weighted by Gasteiger charge is 2.42. The fraction of sp³-hybridized carbons (Fsp3) is 0.500. The summed E-state index contributed by atoms with van der Waals surface area (Å²) in [6, 6.07) is 4.38. The van der Waals surface area contributed by atoms with Gasteiger partial charge < -0.3 is 5.11 Å². The summed E-state index contributed by atoms with van der Waals surface area (Å²) in [7, 11) is 0. The fourth-order valence-electron chi connectivity index (χ4n) is 2.19. The summed E-state index contributed by atoms with van der Waals surface area (Å²) < 4.78 is 26.4. The van der Waals surface area contributed by atoms with Crippen molar-refractivity contribution in [1.82, 2.24) is 9.88 Å². The molecule has 0 aliphatic carbocycles. The van der Waals surface area contributed by atoms with Crippen molar-refractivity contribution in [2.24, 2.45) is 0 Å². The zero-order chi connectivity index (χ0) is 13.3. The molecule has 98 valence electrons. The van der Waals surface area contributed by atoms with E-state index >= 15 is 0 Å². The molecule has 1 atom stereocenters. The molecule has 1 fully saturated rings. The van der Waals surface area contributed by atoms with Gasteiger partial charge in [0, 0.05) is 19.0 Å². The molecule has 1 aromatic rings. The van der Waals surface area contributed by atoms with E-state index in [-0.39, 0.29) is 31.2 Å². The maximum atomic E-state index is 13.2. The summed E-state index contributed by atoms with van der Waals surface area (Å²) >= 11 is 0. The molecule has 0 aromatic carbocycles. The lowest BCUT2D eigenvalue weighted by Gasteiger charge is -2.19. The minimum Gasteiger partial charge on any atom is -0.477 e. The van der Waals surface area contributed by atoms with Crippen LogP contribution in [0.4, 0.5) is 8.78 Å². The minimum absolute atomic E-state index is 0.0638. The molecule has 0 spiro atoms. The molecule has 1 aliphatic heterocycles. The number of carboxylic acids is 1. The minimum atomic E-state index is -2.66. The van der Waals surface area contributed by atoms with E-state index in [2.05, 4.69) is 4.98 Å². The molecule has 1 aromatic heterocycles. The number of halogens is 2. The largest absolute Gasteiger partial charge is 0.477 e. The van der Waals surface area contributed by atoms with Crippen LogP contribution in [0.1, 0.15) is 29.5 Å². The summed E-state index contributed by atoms with van der Waals surface area (Å²) in [6.45, 7) is 1.69. The van der Waals surface area contributed by atoms with Crippen molar-refractivity contribution in [2.75, 3.05) is 6.54 Å². The first-order chi connectivity index (χ1) is 8.37. The lowest BCUT2D eigenvalue weighted by atomic mass is 10.2. The van der Waals surface area contributed by atoms with Crippen molar-refractivity contribution in [3.8, 4) is 0 Å². The number of carboxylic acid groups (broad SMARTS) is 1. The van der Waals surface area contributed by atoms with Gasteiger partial charge in [0.05, 0.1) is 12.2 Å². The van der Waals surface area contributed by atoms with Crippen LogP contribution in [0.15, 0.2) is 18.2 Å². The molecule has 4 nitrogen and oxygen atoms in total. The van der Waals surface area contributed by atoms with Crippen LogP contribution in [-0.4, -0.2) is 39.5 Å². The molecule has 0 bridgehead atoms. The second-order valence-electron chi connectivity index (χ2n) is 4.63. The van der Waals surface area contributed by atoms with Crippen LogP contribution in [0, 0.1) is 0 Å². The van der Waals surface area contributed by atoms with Gasteiger partial charge in [0.2, 0.25) is 0 Å². The number of carbonyl (C=O) groups is 1. The zero-order valence-corrected chi connectivity index (χ0v) is 9.94. The lowest BCUT2D eigenvalue weighted by molar-refractivity contribution is 0.0112. The van der Waals surface area contributed by atoms with Crippen LogP contribution in [0.5, 0.6) is 0 Å². The quantitative estimate of drug-likeness (QED) is 0.898. The van der Waals surface area contributed by atoms with E-state index < -0.39 is 11.9 Å². The van der Waals surface area contributed by atoms with Crippen molar-refractivity contribution in [3.63, 3.8) is 0 Å². The smallest absolute Gasteiger partial charge is 0.354 e. The highest BCUT2D eigenvalue weighted by Crippen LogP contribution is 2.32. The van der Waals surface area contributed by atoms with E-state index in [0.29, 0.717) is 5.69 Å². The van der Waals surface area contributed by atoms with E-state index in [4.69, 9.17) is 5.11 Å². The predicted octanol–water partition coefficient (Wildman–Crippen LogP) is 2.01. The first-order valence-electron chi connectivity index (χ1n) is 5.68. The molecule has 18 heavy (non-hydrogen) atoms. The number of alkyl halides is 2. The van der Waals surface area contributed by atoms with Gasteiger partial charge in [0.25, 0.3) is 5.92 Å². The van der Waals surface area contributed by atoms with Gasteiger partial charge in [-0.1, -0.05) is 6.07 Å². The van der Waals surface area contributed by atoms with Crippen LogP contribution < -0.4 is 0 Å². The molecule has 1 saturated heterocycles. The topological polar surface area (TPSA) is 53.4 Å². The average molecular weight is 256 g/mol. The number of hydrogen-bond acceptors (Lipinski definition) is 3. The Kier molecular flexibility index (Phi) is 3.30. The third-order valence-corrected chi connectivity index (χ3v) is 3.04. The highest BCUT2D eigenvalue weighted by atomic mass is 19.3. The Morgan fingerprint density at radius 3 is 2.89 bits per heavy atom. The van der Waals surface area contributed by atoms with Crippen LogP contribution in [0.2, 0.25) is 0 Å². The fourth-order valence-corrected chi connectivity index (χ4v) is 2.19. The molecule has 0 saturated carbocycles. The normalized spacial score (nSPS) is 23.2. The number of rotatable bonds is 3. The zero-order valence-electron chi connectivity index (χ0n) is 9.94. The third kappa shape index (κ3) is 2.81. The van der Waals surface area contributed by atoms with Crippen LogP contribution in [0.3, 0.4) is 0 Å². The van der Waals surface area contributed by atoms with Gasteiger partial charge in [-0.25, -0.2) is 18.6 Å². The molecule has 1 unspecified atom stereocenters. The van der Waals surface area contributed by atoms with Gasteiger partial charge in [-0.15, -0.1) is 0 Å². The Hall–Kier alpha value is -1.56. The van der Waals surface area contributed by atoms with E-state index in [1.807, 2.05) is 0 Å². The molecule has 1 N–H and O–H groups in total. The summed E-state index contributed by atoms with van der Waals surface area (Å²) in [6.07, 6.45) is -0.161. The molecule has 0 radical (unpaired) electrons. The maximum absolute atomic E-state index is 13.2.